The van der Waals surface area contributed by atoms with E-state index in [1.54, 1.807) is 4.90 Å². The number of carbonyl (C=O) groups excluding carboxylic acids is 1. The fourth-order valence-electron chi connectivity index (χ4n) is 10.9. The molecule has 0 atom stereocenters. The summed E-state index contributed by atoms with van der Waals surface area (Å²) in [6.07, 6.45) is 24.7. The van der Waals surface area contributed by atoms with Gasteiger partial charge in [-0.25, -0.2) is 24.7 Å². The van der Waals surface area contributed by atoms with Crippen LogP contribution in [0.25, 0.3) is 43.9 Å². The van der Waals surface area contributed by atoms with Crippen molar-refractivity contribution in [2.75, 3.05) is 72.8 Å². The van der Waals surface area contributed by atoms with E-state index in [-0.39, 0.29) is 6.09 Å². The van der Waals surface area contributed by atoms with Gasteiger partial charge in [0.15, 0.2) is 0 Å². The smallest absolute Gasteiger partial charge is 0.410 e. The van der Waals surface area contributed by atoms with E-state index in [4.69, 9.17) is 24.7 Å². The Morgan fingerprint density at radius 3 is 1.52 bits per heavy atom. The van der Waals surface area contributed by atoms with E-state index in [2.05, 4.69) is 86.0 Å². The Kier molecular flexibility index (Phi) is 12.7. The van der Waals surface area contributed by atoms with Gasteiger partial charge in [0.05, 0.1) is 47.2 Å². The topological polar surface area (TPSA) is 185 Å². The Labute approximate surface area is 413 Å². The molecule has 10 heterocycles. The summed E-state index contributed by atoms with van der Waals surface area (Å²) < 4.78 is 10.3. The molecule has 0 radical (unpaired) electrons. The summed E-state index contributed by atoms with van der Waals surface area (Å²) in [6.45, 7) is 16.5. The SMILES string of the molecule is Cc1cc(N2CCN(C(=O)OC(C)(C)C)CC2)cnc1Nc1ncc2c3ccncc3n(C3CCCC3)c2n1.Cc1cc(N2CCNCC2)cnc1Nc1ncc2c3ccncc3n(C3CCCC3)c2n1. The third-order valence-corrected chi connectivity index (χ3v) is 14.4. The summed E-state index contributed by atoms with van der Waals surface area (Å²) in [4.78, 5) is 56.2. The largest absolute Gasteiger partial charge is 0.444 e. The lowest BCUT2D eigenvalue weighted by molar-refractivity contribution is 0.0240. The van der Waals surface area contributed by atoms with Crippen LogP contribution in [0.1, 0.15) is 95.3 Å². The number of aryl methyl sites for hydroxylation is 2. The second-order valence-electron chi connectivity index (χ2n) is 20.4. The predicted octanol–water partition coefficient (Wildman–Crippen LogP) is 9.55. The molecular formula is C53H64N16O2. The average Bonchev–Trinajstić information content (AvgIpc) is 4.22. The average molecular weight is 957 g/mol. The summed E-state index contributed by atoms with van der Waals surface area (Å²) in [5.41, 5.74) is 8.00. The van der Waals surface area contributed by atoms with E-state index >= 15 is 0 Å². The van der Waals surface area contributed by atoms with Gasteiger partial charge >= 0.3 is 6.09 Å². The van der Waals surface area contributed by atoms with Crippen molar-refractivity contribution in [3.05, 3.63) is 85.0 Å². The Hall–Kier alpha value is -7.21. The molecule has 3 N–H and O–H groups in total. The summed E-state index contributed by atoms with van der Waals surface area (Å²) in [7, 11) is 0. The maximum Gasteiger partial charge on any atom is 0.410 e. The highest BCUT2D eigenvalue weighted by atomic mass is 16.6. The van der Waals surface area contributed by atoms with Gasteiger partial charge in [-0.2, -0.15) is 9.97 Å². The van der Waals surface area contributed by atoms with Crippen LogP contribution < -0.4 is 25.8 Å². The molecule has 368 valence electrons. The standard InChI is InChI=1S/C29H36N8O2.C24H28N8/c1-19-15-21(35-11-13-36(14-12-35)28(38)39-29(2,3)4)16-31-25(19)33-27-32-17-23-22-9-10-30-18-24(22)37(26(23)34-27)20-7-5-6-8-20;1-16-12-18(31-10-8-25-9-11-31)13-27-22(16)29-24-28-14-20-19-6-7-26-15-21(19)32(23(20)30-24)17-4-2-3-5-17/h9-10,15-18,20H,5-8,11-14H2,1-4H3,(H,31,32,33,34);6-7,12-15,17,25H,2-5,8-11H2,1H3,(H,27,28,29,30). The quantitative estimate of drug-likeness (QED) is 0.131. The van der Waals surface area contributed by atoms with Crippen LogP contribution >= 0.6 is 0 Å². The highest BCUT2D eigenvalue weighted by molar-refractivity contribution is 6.07. The van der Waals surface area contributed by atoms with Crippen LogP contribution in [0.2, 0.25) is 0 Å². The van der Waals surface area contributed by atoms with Gasteiger partial charge in [0.2, 0.25) is 11.9 Å². The molecule has 12 rings (SSSR count). The molecule has 0 unspecified atom stereocenters. The maximum absolute atomic E-state index is 12.4. The Bertz CT molecular complexity index is 3210. The number of hydrogen-bond acceptors (Lipinski definition) is 15. The van der Waals surface area contributed by atoms with Crippen molar-refractivity contribution >= 4 is 84.9 Å². The molecule has 2 aliphatic heterocycles. The van der Waals surface area contributed by atoms with Gasteiger partial charge in [-0.15, -0.1) is 0 Å². The molecule has 2 saturated carbocycles. The Morgan fingerprint density at radius 2 is 1.07 bits per heavy atom. The van der Waals surface area contributed by atoms with Crippen LogP contribution in [0.5, 0.6) is 0 Å². The van der Waals surface area contributed by atoms with Crippen LogP contribution in [-0.2, 0) is 4.74 Å². The molecule has 2 aliphatic carbocycles. The monoisotopic (exact) mass is 957 g/mol. The van der Waals surface area contributed by atoms with Crippen molar-refractivity contribution in [3.8, 4) is 0 Å². The summed E-state index contributed by atoms with van der Waals surface area (Å²) in [6, 6.07) is 9.35. The van der Waals surface area contributed by atoms with Crippen LogP contribution in [0, 0.1) is 13.8 Å². The first kappa shape index (κ1) is 46.2. The number of nitrogens with zero attached hydrogens (tertiary/aromatic N) is 13. The molecule has 4 aliphatic rings. The molecule has 0 bridgehead atoms. The van der Waals surface area contributed by atoms with Crippen LogP contribution in [0.4, 0.5) is 39.7 Å². The van der Waals surface area contributed by atoms with E-state index in [0.29, 0.717) is 37.1 Å². The van der Waals surface area contributed by atoms with Crippen LogP contribution in [0.3, 0.4) is 0 Å². The molecule has 1 amide bonds. The molecule has 0 spiro atoms. The van der Waals surface area contributed by atoms with Crippen molar-refractivity contribution in [1.82, 2.24) is 59.2 Å². The zero-order valence-electron chi connectivity index (χ0n) is 41.5. The number of anilines is 6. The third kappa shape index (κ3) is 9.56. The highest BCUT2D eigenvalue weighted by Crippen LogP contribution is 2.39. The number of amides is 1. The number of fused-ring (bicyclic) bond motifs is 6. The summed E-state index contributed by atoms with van der Waals surface area (Å²) in [5.74, 6) is 2.65. The van der Waals surface area contributed by atoms with Gasteiger partial charge in [-0.05, 0) is 95.7 Å². The van der Waals surface area contributed by atoms with Gasteiger partial charge in [0.25, 0.3) is 0 Å². The number of nitrogens with one attached hydrogen (secondary N) is 3. The van der Waals surface area contributed by atoms with E-state index in [1.807, 2.05) is 77.3 Å². The first-order valence-corrected chi connectivity index (χ1v) is 25.4. The fourth-order valence-corrected chi connectivity index (χ4v) is 10.9. The second-order valence-corrected chi connectivity index (χ2v) is 20.4. The molecular weight excluding hydrogens is 893 g/mol. The molecule has 18 heteroatoms. The molecule has 8 aromatic rings. The highest BCUT2D eigenvalue weighted by Gasteiger charge is 2.28. The minimum Gasteiger partial charge on any atom is -0.444 e. The number of aromatic nitrogens is 10. The van der Waals surface area contributed by atoms with Crippen molar-refractivity contribution in [2.45, 2.75) is 104 Å². The molecule has 2 saturated heterocycles. The number of pyridine rings is 4. The third-order valence-electron chi connectivity index (χ3n) is 14.4. The lowest BCUT2D eigenvalue weighted by atomic mass is 10.2. The molecule has 71 heavy (non-hydrogen) atoms. The number of rotatable bonds is 8. The van der Waals surface area contributed by atoms with Gasteiger partial charge < -0.3 is 44.5 Å². The van der Waals surface area contributed by atoms with Crippen molar-refractivity contribution in [1.29, 1.82) is 0 Å². The number of piperazine rings is 2. The molecule has 8 aromatic heterocycles. The van der Waals surface area contributed by atoms with E-state index in [1.165, 1.54) is 49.6 Å². The minimum absolute atomic E-state index is 0.254. The Morgan fingerprint density at radius 1 is 0.606 bits per heavy atom. The van der Waals surface area contributed by atoms with Crippen LogP contribution in [-0.4, -0.2) is 118 Å². The van der Waals surface area contributed by atoms with E-state index in [0.717, 1.165) is 119 Å². The normalized spacial score (nSPS) is 17.1. The predicted molar refractivity (Wildman–Crippen MR) is 280 cm³/mol. The van der Waals surface area contributed by atoms with Gasteiger partial charge in [-0.1, -0.05) is 25.7 Å². The second kappa shape index (κ2) is 19.5. The van der Waals surface area contributed by atoms with Crippen molar-refractivity contribution in [3.63, 3.8) is 0 Å². The van der Waals surface area contributed by atoms with Crippen molar-refractivity contribution in [2.24, 2.45) is 0 Å². The lowest BCUT2D eigenvalue weighted by Crippen LogP contribution is -2.50. The van der Waals surface area contributed by atoms with E-state index in [9.17, 15) is 4.79 Å². The maximum atomic E-state index is 12.4. The van der Waals surface area contributed by atoms with Gasteiger partial charge in [-0.3, -0.25) is 9.97 Å². The minimum atomic E-state index is -0.489. The van der Waals surface area contributed by atoms with Crippen LogP contribution in [0.15, 0.2) is 73.8 Å². The summed E-state index contributed by atoms with van der Waals surface area (Å²) >= 11 is 0. The first-order chi connectivity index (χ1) is 34.5. The number of hydrogen-bond donors (Lipinski definition) is 3. The van der Waals surface area contributed by atoms with Gasteiger partial charge in [0.1, 0.15) is 28.5 Å². The molecule has 4 fully saturated rings. The number of ether oxygens (including phenoxy) is 1. The first-order valence-electron chi connectivity index (χ1n) is 25.4. The molecule has 0 aromatic carbocycles. The summed E-state index contributed by atoms with van der Waals surface area (Å²) in [5, 5.41) is 14.6. The Balaban J connectivity index is 0.000000157. The number of carbonyl (C=O) groups is 1. The molecule has 18 nitrogen and oxygen atoms in total. The van der Waals surface area contributed by atoms with E-state index < -0.39 is 5.60 Å². The lowest BCUT2D eigenvalue weighted by Gasteiger charge is -2.36. The van der Waals surface area contributed by atoms with Gasteiger partial charge in [0, 0.05) is 111 Å². The fraction of sp³-hybridized carbons (Fsp3) is 0.453. The zero-order valence-corrected chi connectivity index (χ0v) is 41.5. The van der Waals surface area contributed by atoms with Crippen molar-refractivity contribution < 1.29 is 9.53 Å². The zero-order chi connectivity index (χ0) is 48.6.